The first-order valence-electron chi connectivity index (χ1n) is 6.23. The maximum absolute atomic E-state index is 12.6. The van der Waals surface area contributed by atoms with E-state index in [1.807, 2.05) is 30.3 Å². The molecule has 2 rings (SSSR count). The summed E-state index contributed by atoms with van der Waals surface area (Å²) in [5.74, 6) is -1.32. The van der Waals surface area contributed by atoms with E-state index in [9.17, 15) is 14.0 Å². The summed E-state index contributed by atoms with van der Waals surface area (Å²) in [6, 6.07) is 9.17. The fraction of sp³-hybridized carbons (Fsp3) is 0.429. The van der Waals surface area contributed by atoms with Gasteiger partial charge in [0.1, 0.15) is 13.3 Å². The molecule has 2 atom stereocenters. The molecule has 102 valence electrons. The van der Waals surface area contributed by atoms with Gasteiger partial charge in [-0.15, -0.1) is 0 Å². The summed E-state index contributed by atoms with van der Waals surface area (Å²) < 4.78 is 17.5. The number of carbonyl (C=O) groups excluding carboxylic acids is 2. The number of halogens is 1. The lowest BCUT2D eigenvalue weighted by molar-refractivity contribution is -0.133. The molecule has 0 spiro atoms. The molecule has 2 amide bonds. The van der Waals surface area contributed by atoms with Gasteiger partial charge >= 0.3 is 6.09 Å². The van der Waals surface area contributed by atoms with E-state index >= 15 is 0 Å². The summed E-state index contributed by atoms with van der Waals surface area (Å²) in [7, 11) is 0. The molecule has 0 N–H and O–H groups in total. The molecule has 0 unspecified atom stereocenters. The zero-order valence-electron chi connectivity index (χ0n) is 10.7. The molecule has 1 aliphatic heterocycles. The van der Waals surface area contributed by atoms with Gasteiger partial charge in [0.2, 0.25) is 5.91 Å². The van der Waals surface area contributed by atoms with Gasteiger partial charge in [0.15, 0.2) is 0 Å². The number of hydrogen-bond donors (Lipinski definition) is 0. The van der Waals surface area contributed by atoms with Crippen molar-refractivity contribution in [2.24, 2.45) is 5.92 Å². The smallest absolute Gasteiger partial charge is 0.416 e. The van der Waals surface area contributed by atoms with Crippen molar-refractivity contribution in [1.29, 1.82) is 0 Å². The monoisotopic (exact) mass is 265 g/mol. The highest BCUT2D eigenvalue weighted by Crippen LogP contribution is 2.20. The molecule has 1 aliphatic rings. The van der Waals surface area contributed by atoms with Gasteiger partial charge in [-0.25, -0.2) is 9.69 Å². The van der Waals surface area contributed by atoms with Gasteiger partial charge < -0.3 is 4.74 Å². The lowest BCUT2D eigenvalue weighted by Gasteiger charge is -2.21. The molecule has 1 fully saturated rings. The van der Waals surface area contributed by atoms with Crippen LogP contribution >= 0.6 is 0 Å². The number of rotatable bonds is 4. The molecule has 4 nitrogen and oxygen atoms in total. The van der Waals surface area contributed by atoms with Crippen LogP contribution in [0.3, 0.4) is 0 Å². The first-order chi connectivity index (χ1) is 9.13. The van der Waals surface area contributed by atoms with Crippen LogP contribution in [0, 0.1) is 5.92 Å². The Bertz CT molecular complexity index is 463. The number of benzene rings is 1. The standard InChI is InChI=1S/C14H16FNO3/c1-10(8-15)13(17)16-12(9-19-14(16)18)7-11-5-3-2-4-6-11/h2-6,10,12H,7-9H2,1H3/t10-,12-/m1/s1. The summed E-state index contributed by atoms with van der Waals surface area (Å²) in [6.45, 7) is 0.854. The lowest BCUT2D eigenvalue weighted by Crippen LogP contribution is -2.43. The van der Waals surface area contributed by atoms with Gasteiger partial charge in [-0.1, -0.05) is 37.3 Å². The van der Waals surface area contributed by atoms with E-state index in [2.05, 4.69) is 0 Å². The zero-order chi connectivity index (χ0) is 13.8. The number of carbonyl (C=O) groups is 2. The van der Waals surface area contributed by atoms with Crippen LogP contribution in [0.4, 0.5) is 9.18 Å². The van der Waals surface area contributed by atoms with E-state index in [1.165, 1.54) is 6.92 Å². The molecule has 1 aromatic carbocycles. The van der Waals surface area contributed by atoms with Crippen molar-refractivity contribution in [3.8, 4) is 0 Å². The summed E-state index contributed by atoms with van der Waals surface area (Å²) in [6.07, 6.45) is -0.150. The first kappa shape index (κ1) is 13.5. The third kappa shape index (κ3) is 2.92. The second-order valence-electron chi connectivity index (χ2n) is 4.68. The van der Waals surface area contributed by atoms with Gasteiger partial charge in [-0.3, -0.25) is 9.18 Å². The van der Waals surface area contributed by atoms with Crippen LogP contribution in [-0.4, -0.2) is 36.2 Å². The summed E-state index contributed by atoms with van der Waals surface area (Å²) in [5.41, 5.74) is 1.01. The van der Waals surface area contributed by atoms with Crippen molar-refractivity contribution in [1.82, 2.24) is 4.90 Å². The minimum atomic E-state index is -0.816. The molecule has 0 saturated carbocycles. The van der Waals surface area contributed by atoms with Crippen molar-refractivity contribution in [3.63, 3.8) is 0 Å². The van der Waals surface area contributed by atoms with Crippen molar-refractivity contribution >= 4 is 12.0 Å². The predicted molar refractivity (Wildman–Crippen MR) is 67.3 cm³/mol. The normalized spacial score (nSPS) is 20.2. The molecule has 0 aliphatic carbocycles. The number of amides is 2. The Morgan fingerprint density at radius 2 is 2.16 bits per heavy atom. The van der Waals surface area contributed by atoms with E-state index in [1.54, 1.807) is 0 Å². The molecule has 0 aromatic heterocycles. The fourth-order valence-corrected chi connectivity index (χ4v) is 2.07. The Kier molecular flexibility index (Phi) is 4.14. The van der Waals surface area contributed by atoms with E-state index in [0.717, 1.165) is 10.5 Å². The van der Waals surface area contributed by atoms with Gasteiger partial charge in [0.25, 0.3) is 0 Å². The zero-order valence-corrected chi connectivity index (χ0v) is 10.7. The second kappa shape index (κ2) is 5.82. The Hall–Kier alpha value is -1.91. The predicted octanol–water partition coefficient (Wildman–Crippen LogP) is 2.18. The van der Waals surface area contributed by atoms with Gasteiger partial charge in [0, 0.05) is 0 Å². The molecule has 1 saturated heterocycles. The maximum Gasteiger partial charge on any atom is 0.416 e. The molecule has 1 heterocycles. The third-order valence-electron chi connectivity index (χ3n) is 3.17. The SMILES string of the molecule is C[C@H](CF)C(=O)N1C(=O)OC[C@H]1Cc1ccccc1. The minimum Gasteiger partial charge on any atom is -0.447 e. The second-order valence-corrected chi connectivity index (χ2v) is 4.68. The topological polar surface area (TPSA) is 46.6 Å². The molecular formula is C14H16FNO3. The van der Waals surface area contributed by atoms with Crippen LogP contribution in [0.15, 0.2) is 30.3 Å². The Morgan fingerprint density at radius 3 is 2.79 bits per heavy atom. The van der Waals surface area contributed by atoms with Crippen molar-refractivity contribution in [2.45, 2.75) is 19.4 Å². The molecular weight excluding hydrogens is 249 g/mol. The van der Waals surface area contributed by atoms with Crippen molar-refractivity contribution in [3.05, 3.63) is 35.9 Å². The quantitative estimate of drug-likeness (QED) is 0.838. The van der Waals surface area contributed by atoms with Crippen LogP contribution in [-0.2, 0) is 16.0 Å². The summed E-state index contributed by atoms with van der Waals surface area (Å²) >= 11 is 0. The number of ether oxygens (including phenoxy) is 1. The minimum absolute atomic E-state index is 0.165. The highest BCUT2D eigenvalue weighted by Gasteiger charge is 2.39. The highest BCUT2D eigenvalue weighted by atomic mass is 19.1. The fourth-order valence-electron chi connectivity index (χ4n) is 2.07. The Morgan fingerprint density at radius 1 is 1.47 bits per heavy atom. The number of hydrogen-bond acceptors (Lipinski definition) is 3. The average Bonchev–Trinajstić information content (AvgIpc) is 2.79. The third-order valence-corrected chi connectivity index (χ3v) is 3.17. The van der Waals surface area contributed by atoms with E-state index in [0.29, 0.717) is 6.42 Å². The van der Waals surface area contributed by atoms with Crippen LogP contribution < -0.4 is 0 Å². The molecule has 0 radical (unpaired) electrons. The largest absolute Gasteiger partial charge is 0.447 e. The average molecular weight is 265 g/mol. The Balaban J connectivity index is 2.11. The number of imide groups is 1. The summed E-state index contributed by atoms with van der Waals surface area (Å²) in [5, 5.41) is 0. The number of cyclic esters (lactones) is 1. The summed E-state index contributed by atoms with van der Waals surface area (Å²) in [4.78, 5) is 24.6. The first-order valence-corrected chi connectivity index (χ1v) is 6.23. The molecule has 5 heteroatoms. The van der Waals surface area contributed by atoms with Crippen molar-refractivity contribution < 1.29 is 18.7 Å². The van der Waals surface area contributed by atoms with Crippen LogP contribution in [0.25, 0.3) is 0 Å². The van der Waals surface area contributed by atoms with E-state index in [-0.39, 0.29) is 12.6 Å². The maximum atomic E-state index is 12.6. The lowest BCUT2D eigenvalue weighted by atomic mass is 10.0. The van der Waals surface area contributed by atoms with Crippen LogP contribution in [0.2, 0.25) is 0 Å². The number of alkyl halides is 1. The van der Waals surface area contributed by atoms with Crippen molar-refractivity contribution in [2.75, 3.05) is 13.3 Å². The van der Waals surface area contributed by atoms with Crippen LogP contribution in [0.5, 0.6) is 0 Å². The molecule has 19 heavy (non-hydrogen) atoms. The van der Waals surface area contributed by atoms with Gasteiger partial charge in [-0.05, 0) is 12.0 Å². The molecule has 0 bridgehead atoms. The Labute approximate surface area is 111 Å². The van der Waals surface area contributed by atoms with Gasteiger partial charge in [0.05, 0.1) is 12.0 Å². The van der Waals surface area contributed by atoms with E-state index in [4.69, 9.17) is 4.74 Å². The highest BCUT2D eigenvalue weighted by molar-refractivity contribution is 5.94. The van der Waals surface area contributed by atoms with Gasteiger partial charge in [-0.2, -0.15) is 0 Å². The van der Waals surface area contributed by atoms with E-state index < -0.39 is 24.6 Å². The molecule has 1 aromatic rings. The van der Waals surface area contributed by atoms with Crippen LogP contribution in [0.1, 0.15) is 12.5 Å². The number of nitrogens with zero attached hydrogens (tertiary/aromatic N) is 1.